The van der Waals surface area contributed by atoms with Gasteiger partial charge in [0.2, 0.25) is 5.91 Å². The quantitative estimate of drug-likeness (QED) is 0.701. The topological polar surface area (TPSA) is 53.0 Å². The van der Waals surface area contributed by atoms with Gasteiger partial charge in [-0.05, 0) is 62.9 Å². The molecule has 0 aromatic heterocycles. The first-order valence-corrected chi connectivity index (χ1v) is 10.0. The first-order chi connectivity index (χ1) is 12.5. The number of carbonyl (C=O) groups excluding carboxylic acids is 1. The molecule has 0 bridgehead atoms. The van der Waals surface area contributed by atoms with E-state index in [0.717, 1.165) is 31.5 Å². The van der Waals surface area contributed by atoms with E-state index in [4.69, 9.17) is 23.2 Å². The molecule has 0 radical (unpaired) electrons. The molecule has 1 amide bonds. The smallest absolute Gasteiger partial charge is 0.227 e. The van der Waals surface area contributed by atoms with Gasteiger partial charge in [0, 0.05) is 19.1 Å². The van der Waals surface area contributed by atoms with Crippen molar-refractivity contribution >= 4 is 29.1 Å². The number of amides is 1. The molecule has 1 heterocycles. The van der Waals surface area contributed by atoms with Gasteiger partial charge in [-0.3, -0.25) is 9.69 Å². The van der Waals surface area contributed by atoms with Gasteiger partial charge in [-0.1, -0.05) is 34.4 Å². The molecule has 1 aromatic rings. The van der Waals surface area contributed by atoms with Crippen molar-refractivity contribution in [3.63, 3.8) is 0 Å². The fourth-order valence-electron chi connectivity index (χ4n) is 4.25. The van der Waals surface area contributed by atoms with Gasteiger partial charge in [0.25, 0.3) is 0 Å². The first-order valence-electron chi connectivity index (χ1n) is 9.25. The number of likely N-dealkylation sites (N-methyl/N-ethyl adjacent to an activating group) is 1. The Bertz CT molecular complexity index is 664. The van der Waals surface area contributed by atoms with Crippen molar-refractivity contribution in [3.05, 3.63) is 38.7 Å². The van der Waals surface area contributed by atoms with E-state index in [-0.39, 0.29) is 24.4 Å². The Morgan fingerprint density at radius 2 is 1.96 bits per heavy atom. The summed E-state index contributed by atoms with van der Waals surface area (Å²) in [5.41, 5.74) is 0.842. The molecule has 1 aromatic carbocycles. The number of carbonyl (C=O) groups is 1. The number of nitrogens with zero attached hydrogens (tertiary/aromatic N) is 3. The van der Waals surface area contributed by atoms with Gasteiger partial charge in [-0.25, -0.2) is 0 Å². The molecule has 3 unspecified atom stereocenters. The fourth-order valence-corrected chi connectivity index (χ4v) is 4.57. The van der Waals surface area contributed by atoms with Gasteiger partial charge in [0.15, 0.2) is 0 Å². The van der Waals surface area contributed by atoms with Crippen LogP contribution in [0.25, 0.3) is 0 Å². The molecule has 0 spiro atoms. The monoisotopic (exact) mass is 397 g/mol. The van der Waals surface area contributed by atoms with Crippen LogP contribution in [0.1, 0.15) is 37.7 Å². The molecule has 1 saturated heterocycles. The van der Waals surface area contributed by atoms with Crippen LogP contribution in [0.3, 0.4) is 0 Å². The predicted octanol–water partition coefficient (Wildman–Crippen LogP) is 4.15. The first kappa shape index (κ1) is 19.6. The zero-order valence-corrected chi connectivity index (χ0v) is 16.5. The summed E-state index contributed by atoms with van der Waals surface area (Å²) in [7, 11) is 1.85. The summed E-state index contributed by atoms with van der Waals surface area (Å²) in [6, 6.07) is 5.43. The molecule has 3 atom stereocenters. The molecule has 3 rings (SSSR count). The van der Waals surface area contributed by atoms with Crippen molar-refractivity contribution in [1.29, 1.82) is 0 Å². The predicted molar refractivity (Wildman–Crippen MR) is 105 cm³/mol. The van der Waals surface area contributed by atoms with Gasteiger partial charge >= 0.3 is 0 Å². The van der Waals surface area contributed by atoms with Crippen LogP contribution in [0.15, 0.2) is 23.4 Å². The summed E-state index contributed by atoms with van der Waals surface area (Å²) < 4.78 is 0. The van der Waals surface area contributed by atoms with Crippen LogP contribution < -0.4 is 0 Å². The highest BCUT2D eigenvalue weighted by Crippen LogP contribution is 2.31. The molecule has 2 aliphatic rings. The average molecular weight is 398 g/mol. The Labute approximate surface area is 164 Å². The summed E-state index contributed by atoms with van der Waals surface area (Å²) in [6.07, 6.45) is 5.07. The van der Waals surface area contributed by atoms with Crippen LogP contribution in [0, 0.1) is 4.91 Å². The van der Waals surface area contributed by atoms with E-state index in [9.17, 15) is 9.70 Å². The third kappa shape index (κ3) is 4.38. The van der Waals surface area contributed by atoms with Crippen molar-refractivity contribution in [3.8, 4) is 0 Å². The standard InChI is InChI=1S/C19H25Cl2N3O2/c1-23(19(25)11-13-4-6-15(20)16(21)10-13)18-12-14(22-26)5-7-17(18)24-8-2-3-9-24/h4,6,10,14,17-18H,2-3,5,7-9,11-12H2,1H3. The normalized spacial score (nSPS) is 26.7. The molecule has 7 heteroatoms. The van der Waals surface area contributed by atoms with Crippen LogP contribution in [0.5, 0.6) is 0 Å². The number of nitroso groups, excluding NO2 is 1. The number of benzene rings is 1. The minimum atomic E-state index is -0.195. The summed E-state index contributed by atoms with van der Waals surface area (Å²) in [5.74, 6) is 0.0316. The van der Waals surface area contributed by atoms with Crippen LogP contribution in [-0.2, 0) is 11.2 Å². The number of hydrogen-bond acceptors (Lipinski definition) is 4. The molecule has 26 heavy (non-hydrogen) atoms. The van der Waals surface area contributed by atoms with Crippen LogP contribution >= 0.6 is 23.2 Å². The van der Waals surface area contributed by atoms with Gasteiger partial charge in [0.1, 0.15) is 0 Å². The van der Waals surface area contributed by atoms with Gasteiger partial charge < -0.3 is 4.90 Å². The molecule has 0 N–H and O–H groups in total. The van der Waals surface area contributed by atoms with E-state index in [1.807, 2.05) is 18.0 Å². The molecular formula is C19H25Cl2N3O2. The van der Waals surface area contributed by atoms with Crippen molar-refractivity contribution < 1.29 is 4.79 Å². The molecule has 1 aliphatic carbocycles. The maximum Gasteiger partial charge on any atom is 0.227 e. The van der Waals surface area contributed by atoms with Crippen LogP contribution in [0.4, 0.5) is 0 Å². The molecular weight excluding hydrogens is 373 g/mol. The Kier molecular flexibility index (Phi) is 6.54. The average Bonchev–Trinajstić information content (AvgIpc) is 3.18. The van der Waals surface area contributed by atoms with Crippen molar-refractivity contribution in [2.24, 2.45) is 5.18 Å². The highest BCUT2D eigenvalue weighted by molar-refractivity contribution is 6.42. The Hall–Kier alpha value is -1.17. The Balaban J connectivity index is 1.72. The molecule has 2 fully saturated rings. The lowest BCUT2D eigenvalue weighted by Gasteiger charge is -2.43. The highest BCUT2D eigenvalue weighted by atomic mass is 35.5. The van der Waals surface area contributed by atoms with Crippen LogP contribution in [-0.4, -0.2) is 54.0 Å². The minimum absolute atomic E-state index is 0.0276. The Morgan fingerprint density at radius 1 is 1.23 bits per heavy atom. The third-order valence-corrected chi connectivity index (χ3v) is 6.48. The van der Waals surface area contributed by atoms with E-state index in [1.165, 1.54) is 12.8 Å². The summed E-state index contributed by atoms with van der Waals surface area (Å²) in [4.78, 5) is 28.3. The second-order valence-corrected chi connectivity index (χ2v) is 8.19. The van der Waals surface area contributed by atoms with Gasteiger partial charge in [0.05, 0.1) is 22.5 Å². The molecule has 1 aliphatic heterocycles. The van der Waals surface area contributed by atoms with E-state index < -0.39 is 0 Å². The zero-order chi connectivity index (χ0) is 18.7. The second-order valence-electron chi connectivity index (χ2n) is 7.38. The lowest BCUT2D eigenvalue weighted by atomic mass is 9.85. The molecule has 1 saturated carbocycles. The van der Waals surface area contributed by atoms with E-state index in [1.54, 1.807) is 12.1 Å². The zero-order valence-electron chi connectivity index (χ0n) is 15.0. The van der Waals surface area contributed by atoms with E-state index in [2.05, 4.69) is 10.1 Å². The maximum absolute atomic E-state index is 12.9. The summed E-state index contributed by atoms with van der Waals surface area (Å²) >= 11 is 12.0. The fraction of sp³-hybridized carbons (Fsp3) is 0.632. The number of rotatable bonds is 5. The second kappa shape index (κ2) is 8.68. The van der Waals surface area contributed by atoms with E-state index in [0.29, 0.717) is 22.5 Å². The summed E-state index contributed by atoms with van der Waals surface area (Å²) in [6.45, 7) is 2.16. The Morgan fingerprint density at radius 3 is 2.62 bits per heavy atom. The largest absolute Gasteiger partial charge is 0.341 e. The number of halogens is 2. The number of hydrogen-bond donors (Lipinski definition) is 0. The van der Waals surface area contributed by atoms with Gasteiger partial charge in [-0.15, -0.1) is 0 Å². The summed E-state index contributed by atoms with van der Waals surface area (Å²) in [5, 5.41) is 4.21. The molecule has 5 nitrogen and oxygen atoms in total. The third-order valence-electron chi connectivity index (χ3n) is 5.74. The lowest BCUT2D eigenvalue weighted by Crippen LogP contribution is -2.55. The SMILES string of the molecule is CN(C(=O)Cc1ccc(Cl)c(Cl)c1)C1CC(N=O)CCC1N1CCCC1. The van der Waals surface area contributed by atoms with Crippen molar-refractivity contribution in [2.45, 2.75) is 56.7 Å². The number of likely N-dealkylation sites (tertiary alicyclic amines) is 1. The lowest BCUT2D eigenvalue weighted by molar-refractivity contribution is -0.133. The van der Waals surface area contributed by atoms with E-state index >= 15 is 0 Å². The molecule has 142 valence electrons. The van der Waals surface area contributed by atoms with Crippen molar-refractivity contribution in [2.75, 3.05) is 20.1 Å². The highest BCUT2D eigenvalue weighted by Gasteiger charge is 2.39. The maximum atomic E-state index is 12.9. The minimum Gasteiger partial charge on any atom is -0.341 e. The van der Waals surface area contributed by atoms with Crippen LogP contribution in [0.2, 0.25) is 10.0 Å². The van der Waals surface area contributed by atoms with Gasteiger partial charge in [-0.2, -0.15) is 4.91 Å². The van der Waals surface area contributed by atoms with Crippen molar-refractivity contribution in [1.82, 2.24) is 9.80 Å².